The number of nitrogens with one attached hydrogen (secondary N) is 4. The predicted octanol–water partition coefficient (Wildman–Crippen LogP) is 2.33. The summed E-state index contributed by atoms with van der Waals surface area (Å²) >= 11 is 0. The summed E-state index contributed by atoms with van der Waals surface area (Å²) in [6.45, 7) is 6.60. The van der Waals surface area contributed by atoms with E-state index in [1.807, 2.05) is 26.1 Å². The Morgan fingerprint density at radius 3 is 2.88 bits per heavy atom. The van der Waals surface area contributed by atoms with Crippen LogP contribution in [0.5, 0.6) is 5.88 Å². The van der Waals surface area contributed by atoms with Crippen LogP contribution >= 0.6 is 0 Å². The zero-order valence-corrected chi connectivity index (χ0v) is 15.6. The van der Waals surface area contributed by atoms with Crippen LogP contribution in [0.3, 0.4) is 0 Å². The van der Waals surface area contributed by atoms with E-state index < -0.39 is 0 Å². The van der Waals surface area contributed by atoms with Gasteiger partial charge in [0.15, 0.2) is 0 Å². The molecular formula is C18H27N7O. The van der Waals surface area contributed by atoms with Crippen LogP contribution in [0.4, 0.5) is 5.95 Å². The second-order valence-electron chi connectivity index (χ2n) is 6.56. The predicted molar refractivity (Wildman–Crippen MR) is 104 cm³/mol. The molecule has 0 aliphatic carbocycles. The fourth-order valence-electron chi connectivity index (χ4n) is 3.11. The SMILES string of the molecule is CCOc1nc(N/C(C=N)=C(\C)NC2CCN(C)CC2)nc2[nH]ccc12. The van der Waals surface area contributed by atoms with Crippen LogP contribution in [0.2, 0.25) is 0 Å². The Kier molecular flexibility index (Phi) is 5.72. The molecule has 140 valence electrons. The van der Waals surface area contributed by atoms with Gasteiger partial charge in [-0.05, 0) is 52.9 Å². The van der Waals surface area contributed by atoms with E-state index in [2.05, 4.69) is 37.5 Å². The van der Waals surface area contributed by atoms with Crippen molar-refractivity contribution in [2.24, 2.45) is 0 Å². The monoisotopic (exact) mass is 357 g/mol. The van der Waals surface area contributed by atoms with E-state index in [0.29, 0.717) is 35.8 Å². The molecule has 4 N–H and O–H groups in total. The third-order valence-corrected chi connectivity index (χ3v) is 4.60. The number of rotatable bonds is 7. The summed E-state index contributed by atoms with van der Waals surface area (Å²) in [7, 11) is 2.15. The molecule has 3 rings (SSSR count). The minimum absolute atomic E-state index is 0.409. The van der Waals surface area contributed by atoms with E-state index in [4.69, 9.17) is 10.1 Å². The number of hydrogen-bond donors (Lipinski definition) is 4. The highest BCUT2D eigenvalue weighted by atomic mass is 16.5. The molecule has 1 aliphatic heterocycles. The van der Waals surface area contributed by atoms with Crippen molar-refractivity contribution in [3.05, 3.63) is 23.7 Å². The highest BCUT2D eigenvalue weighted by Crippen LogP contribution is 2.23. The Labute approximate surface area is 153 Å². The van der Waals surface area contributed by atoms with Crippen LogP contribution in [0, 0.1) is 5.41 Å². The fourth-order valence-corrected chi connectivity index (χ4v) is 3.11. The standard InChI is InChI=1S/C18H27N7O/c1-4-26-17-14-5-8-20-16(14)23-18(24-17)22-15(11-19)12(2)21-13-6-9-25(3)10-7-13/h5,8,11,13,19,21H,4,6-7,9-10H2,1-3H3,(H2,20,22,23,24)/b15-12+,19-11?. The first-order valence-electron chi connectivity index (χ1n) is 9.02. The molecule has 0 aromatic carbocycles. The Morgan fingerprint density at radius 2 is 2.19 bits per heavy atom. The van der Waals surface area contributed by atoms with Gasteiger partial charge in [0.25, 0.3) is 0 Å². The first-order chi connectivity index (χ1) is 12.6. The average Bonchev–Trinajstić information content (AvgIpc) is 3.10. The lowest BCUT2D eigenvalue weighted by molar-refractivity contribution is 0.241. The van der Waals surface area contributed by atoms with Crippen molar-refractivity contribution in [3.63, 3.8) is 0 Å². The molecule has 0 bridgehead atoms. The van der Waals surface area contributed by atoms with E-state index in [1.54, 1.807) is 0 Å². The second-order valence-corrected chi connectivity index (χ2v) is 6.56. The molecule has 1 aliphatic rings. The van der Waals surface area contributed by atoms with E-state index in [-0.39, 0.29) is 0 Å². The molecule has 26 heavy (non-hydrogen) atoms. The lowest BCUT2D eigenvalue weighted by Crippen LogP contribution is -2.40. The Bertz CT molecular complexity index is 790. The summed E-state index contributed by atoms with van der Waals surface area (Å²) in [6.07, 6.45) is 5.29. The largest absolute Gasteiger partial charge is 0.477 e. The van der Waals surface area contributed by atoms with Crippen molar-refractivity contribution >= 4 is 23.2 Å². The normalized spacial score (nSPS) is 17.0. The van der Waals surface area contributed by atoms with Gasteiger partial charge < -0.3 is 30.7 Å². The number of aromatic nitrogens is 3. The van der Waals surface area contributed by atoms with Gasteiger partial charge in [-0.1, -0.05) is 0 Å². The second kappa shape index (κ2) is 8.18. The first-order valence-corrected chi connectivity index (χ1v) is 9.02. The molecule has 0 unspecified atom stereocenters. The van der Waals surface area contributed by atoms with Crippen LogP contribution in [0.1, 0.15) is 26.7 Å². The maximum Gasteiger partial charge on any atom is 0.232 e. The van der Waals surface area contributed by atoms with Crippen LogP contribution in [-0.4, -0.2) is 58.9 Å². The lowest BCUT2D eigenvalue weighted by atomic mass is 10.1. The summed E-state index contributed by atoms with van der Waals surface area (Å²) in [6, 6.07) is 2.32. The van der Waals surface area contributed by atoms with Gasteiger partial charge in [-0.15, -0.1) is 0 Å². The van der Waals surface area contributed by atoms with Crippen molar-refractivity contribution in [2.75, 3.05) is 32.1 Å². The van der Waals surface area contributed by atoms with Crippen molar-refractivity contribution in [1.82, 2.24) is 25.2 Å². The minimum atomic E-state index is 0.409. The maximum atomic E-state index is 7.77. The highest BCUT2D eigenvalue weighted by molar-refractivity contribution is 5.84. The van der Waals surface area contributed by atoms with Gasteiger partial charge in [0.2, 0.25) is 11.8 Å². The Hall–Kier alpha value is -2.61. The number of fused-ring (bicyclic) bond motifs is 1. The summed E-state index contributed by atoms with van der Waals surface area (Å²) in [5, 5.41) is 15.3. The van der Waals surface area contributed by atoms with Crippen LogP contribution < -0.4 is 15.4 Å². The van der Waals surface area contributed by atoms with Gasteiger partial charge in [-0.25, -0.2) is 0 Å². The summed E-state index contributed by atoms with van der Waals surface area (Å²) in [4.78, 5) is 14.3. The number of piperidine rings is 1. The van der Waals surface area contributed by atoms with Gasteiger partial charge in [0.1, 0.15) is 5.65 Å². The Morgan fingerprint density at radius 1 is 1.42 bits per heavy atom. The lowest BCUT2D eigenvalue weighted by Gasteiger charge is -2.30. The minimum Gasteiger partial charge on any atom is -0.477 e. The van der Waals surface area contributed by atoms with Crippen molar-refractivity contribution in [2.45, 2.75) is 32.7 Å². The van der Waals surface area contributed by atoms with Crippen LogP contribution in [0.25, 0.3) is 11.0 Å². The smallest absolute Gasteiger partial charge is 0.232 e. The molecule has 8 heteroatoms. The van der Waals surface area contributed by atoms with Crippen molar-refractivity contribution in [1.29, 1.82) is 5.41 Å². The van der Waals surface area contributed by atoms with Gasteiger partial charge in [0.05, 0.1) is 17.7 Å². The molecule has 0 saturated carbocycles. The van der Waals surface area contributed by atoms with Gasteiger partial charge in [0, 0.05) is 24.2 Å². The summed E-state index contributed by atoms with van der Waals surface area (Å²) in [5.74, 6) is 0.943. The molecular weight excluding hydrogens is 330 g/mol. The number of hydrogen-bond acceptors (Lipinski definition) is 7. The highest BCUT2D eigenvalue weighted by Gasteiger charge is 2.17. The molecule has 0 spiro atoms. The summed E-state index contributed by atoms with van der Waals surface area (Å²) < 4.78 is 5.62. The van der Waals surface area contributed by atoms with Crippen LogP contribution in [0.15, 0.2) is 23.7 Å². The number of nitrogens with zero attached hydrogens (tertiary/aromatic N) is 3. The number of ether oxygens (including phenoxy) is 1. The molecule has 3 heterocycles. The third kappa shape index (κ3) is 4.13. The van der Waals surface area contributed by atoms with E-state index in [0.717, 1.165) is 37.0 Å². The molecule has 2 aromatic rings. The maximum absolute atomic E-state index is 7.77. The molecule has 2 aromatic heterocycles. The van der Waals surface area contributed by atoms with Gasteiger partial charge in [-0.2, -0.15) is 9.97 Å². The quantitative estimate of drug-likeness (QED) is 0.567. The molecule has 8 nitrogen and oxygen atoms in total. The average molecular weight is 357 g/mol. The van der Waals surface area contributed by atoms with Crippen molar-refractivity contribution < 1.29 is 4.74 Å². The van der Waals surface area contributed by atoms with Gasteiger partial charge >= 0.3 is 0 Å². The zero-order valence-electron chi connectivity index (χ0n) is 15.6. The molecule has 0 amide bonds. The molecule has 0 atom stereocenters. The van der Waals surface area contributed by atoms with E-state index in [1.165, 1.54) is 6.21 Å². The molecule has 0 radical (unpaired) electrons. The number of anilines is 1. The third-order valence-electron chi connectivity index (χ3n) is 4.60. The fraction of sp³-hybridized carbons (Fsp3) is 0.500. The number of H-pyrrole nitrogens is 1. The topological polar surface area (TPSA) is 102 Å². The van der Waals surface area contributed by atoms with Crippen molar-refractivity contribution in [3.8, 4) is 5.88 Å². The van der Waals surface area contributed by atoms with Gasteiger partial charge in [-0.3, -0.25) is 0 Å². The number of aromatic amines is 1. The zero-order chi connectivity index (χ0) is 18.5. The van der Waals surface area contributed by atoms with E-state index in [9.17, 15) is 0 Å². The summed E-state index contributed by atoms with van der Waals surface area (Å²) in [5.41, 5.74) is 2.27. The Balaban J connectivity index is 1.78. The molecule has 1 saturated heterocycles. The first kappa shape index (κ1) is 18.2. The van der Waals surface area contributed by atoms with Crippen LogP contribution in [-0.2, 0) is 0 Å². The number of allylic oxidation sites excluding steroid dienone is 2. The molecule has 1 fully saturated rings. The van der Waals surface area contributed by atoms with E-state index >= 15 is 0 Å². The number of likely N-dealkylation sites (tertiary alicyclic amines) is 1.